The molecule has 3 rings (SSSR count). The fourth-order valence-corrected chi connectivity index (χ4v) is 3.38. The van der Waals surface area contributed by atoms with Crippen LogP contribution in [0.1, 0.15) is 31.2 Å². The minimum Gasteiger partial charge on any atom is -0.494 e. The molecular weight excluding hydrogens is 420 g/mol. The van der Waals surface area contributed by atoms with Gasteiger partial charge >= 0.3 is 0 Å². The van der Waals surface area contributed by atoms with Crippen LogP contribution in [0, 0.1) is 17.2 Å². The molecule has 1 aromatic rings. The second-order valence-electron chi connectivity index (χ2n) is 6.86. The van der Waals surface area contributed by atoms with E-state index in [4.69, 9.17) is 4.74 Å². The maximum absolute atomic E-state index is 13.8. The summed E-state index contributed by atoms with van der Waals surface area (Å²) in [4.78, 5) is 6.40. The lowest BCUT2D eigenvalue weighted by Crippen LogP contribution is -2.41. The quantitative estimate of drug-likeness (QED) is 0.411. The third kappa shape index (κ3) is 4.32. The number of aliphatic imine (C=N–C) groups is 1. The molecule has 0 atom stereocenters. The van der Waals surface area contributed by atoms with E-state index < -0.39 is 0 Å². The van der Waals surface area contributed by atoms with Crippen LogP contribution < -0.4 is 10.1 Å². The Morgan fingerprint density at radius 1 is 1.42 bits per heavy atom. The van der Waals surface area contributed by atoms with Crippen LogP contribution >= 0.6 is 24.0 Å². The van der Waals surface area contributed by atoms with Gasteiger partial charge in [-0.15, -0.1) is 24.0 Å². The molecule has 0 aromatic heterocycles. The summed E-state index contributed by atoms with van der Waals surface area (Å²) in [6.07, 6.45) is 5.46. The summed E-state index contributed by atoms with van der Waals surface area (Å²) < 4.78 is 18.8. The Bertz CT molecular complexity index is 600. The molecule has 6 heteroatoms. The molecular formula is C18H27FIN3O. The van der Waals surface area contributed by atoms with Gasteiger partial charge in [0.25, 0.3) is 0 Å². The van der Waals surface area contributed by atoms with Crippen LogP contribution in [0.25, 0.3) is 0 Å². The predicted octanol–water partition coefficient (Wildman–Crippen LogP) is 3.65. The summed E-state index contributed by atoms with van der Waals surface area (Å²) in [6.45, 7) is 1.61. The van der Waals surface area contributed by atoms with Gasteiger partial charge in [-0.3, -0.25) is 4.99 Å². The molecule has 2 aliphatic carbocycles. The lowest BCUT2D eigenvalue weighted by Gasteiger charge is -2.25. The van der Waals surface area contributed by atoms with Crippen LogP contribution in [0.3, 0.4) is 0 Å². The van der Waals surface area contributed by atoms with Gasteiger partial charge in [-0.1, -0.05) is 6.07 Å². The van der Waals surface area contributed by atoms with Crippen LogP contribution in [-0.2, 0) is 6.54 Å². The van der Waals surface area contributed by atoms with E-state index >= 15 is 0 Å². The van der Waals surface area contributed by atoms with E-state index in [1.54, 1.807) is 13.1 Å². The van der Waals surface area contributed by atoms with E-state index in [2.05, 4.69) is 10.3 Å². The van der Waals surface area contributed by atoms with Gasteiger partial charge in [0.05, 0.1) is 7.11 Å². The molecule has 134 valence electrons. The van der Waals surface area contributed by atoms with E-state index in [9.17, 15) is 4.39 Å². The van der Waals surface area contributed by atoms with Crippen molar-refractivity contribution in [3.05, 3.63) is 29.6 Å². The van der Waals surface area contributed by atoms with Crippen LogP contribution in [-0.4, -0.2) is 38.6 Å². The van der Waals surface area contributed by atoms with Crippen LogP contribution in [0.2, 0.25) is 0 Å². The molecule has 24 heavy (non-hydrogen) atoms. The molecule has 0 amide bonds. The number of nitrogens with zero attached hydrogens (tertiary/aromatic N) is 2. The highest BCUT2D eigenvalue weighted by Gasteiger charge is 2.53. The standard InChI is InChI=1S/C18H26FN3O.HI/c1-20-17(21-12-18(8-9-18)14-5-6-14)22(2)11-13-4-7-16(23-3)15(19)10-13;/h4,7,10,14H,5-6,8-9,11-12H2,1-3H3,(H,20,21);1H. The zero-order valence-corrected chi connectivity index (χ0v) is 17.0. The van der Waals surface area contributed by atoms with Crippen LogP contribution in [0.15, 0.2) is 23.2 Å². The molecule has 0 aliphatic heterocycles. The summed E-state index contributed by atoms with van der Waals surface area (Å²) in [5, 5.41) is 3.51. The fourth-order valence-electron chi connectivity index (χ4n) is 3.38. The number of benzene rings is 1. The lowest BCUT2D eigenvalue weighted by molar-refractivity contribution is 0.384. The highest BCUT2D eigenvalue weighted by atomic mass is 127. The van der Waals surface area contributed by atoms with Gasteiger partial charge in [0.2, 0.25) is 0 Å². The van der Waals surface area contributed by atoms with Crippen molar-refractivity contribution in [2.24, 2.45) is 16.3 Å². The number of halogens is 2. The molecule has 1 N–H and O–H groups in total. The Morgan fingerprint density at radius 2 is 2.12 bits per heavy atom. The third-order valence-electron chi connectivity index (χ3n) is 5.14. The molecule has 0 heterocycles. The number of ether oxygens (including phenoxy) is 1. The first-order valence-electron chi connectivity index (χ1n) is 8.32. The van der Waals surface area contributed by atoms with Gasteiger partial charge in [-0.05, 0) is 54.7 Å². The second kappa shape index (κ2) is 7.89. The Morgan fingerprint density at radius 3 is 2.62 bits per heavy atom. The fraction of sp³-hybridized carbons (Fsp3) is 0.611. The average Bonchev–Trinajstić information content (AvgIpc) is 3.41. The highest BCUT2D eigenvalue weighted by molar-refractivity contribution is 14.0. The second-order valence-corrected chi connectivity index (χ2v) is 6.86. The van der Waals surface area contributed by atoms with Gasteiger partial charge in [0.15, 0.2) is 17.5 Å². The zero-order valence-electron chi connectivity index (χ0n) is 14.6. The van der Waals surface area contributed by atoms with Crippen molar-refractivity contribution in [1.29, 1.82) is 0 Å². The number of hydrogen-bond acceptors (Lipinski definition) is 2. The van der Waals surface area contributed by atoms with E-state index in [1.165, 1.54) is 38.9 Å². The van der Waals surface area contributed by atoms with E-state index in [1.807, 2.05) is 18.0 Å². The molecule has 0 saturated heterocycles. The smallest absolute Gasteiger partial charge is 0.193 e. The largest absolute Gasteiger partial charge is 0.494 e. The zero-order chi connectivity index (χ0) is 16.4. The molecule has 0 spiro atoms. The van der Waals surface area contributed by atoms with Crippen molar-refractivity contribution in [2.75, 3.05) is 27.7 Å². The Labute approximate surface area is 160 Å². The maximum Gasteiger partial charge on any atom is 0.193 e. The van der Waals surface area contributed by atoms with Crippen LogP contribution in [0.4, 0.5) is 4.39 Å². The number of methoxy groups -OCH3 is 1. The van der Waals surface area contributed by atoms with E-state index in [-0.39, 0.29) is 35.5 Å². The molecule has 1 aromatic carbocycles. The molecule has 2 saturated carbocycles. The third-order valence-corrected chi connectivity index (χ3v) is 5.14. The first-order chi connectivity index (χ1) is 11.1. The van der Waals surface area contributed by atoms with Crippen molar-refractivity contribution in [1.82, 2.24) is 10.2 Å². The number of nitrogens with one attached hydrogen (secondary N) is 1. The van der Waals surface area contributed by atoms with E-state index in [0.29, 0.717) is 12.0 Å². The molecule has 0 bridgehead atoms. The van der Waals surface area contributed by atoms with Gasteiger partial charge in [0, 0.05) is 27.2 Å². The summed E-state index contributed by atoms with van der Waals surface area (Å²) in [7, 11) is 5.25. The highest BCUT2D eigenvalue weighted by Crippen LogP contribution is 2.60. The Hall–Kier alpha value is -1.05. The normalized spacial score (nSPS) is 18.6. The van der Waals surface area contributed by atoms with Gasteiger partial charge in [-0.25, -0.2) is 4.39 Å². The lowest BCUT2D eigenvalue weighted by atomic mass is 10.0. The summed E-state index contributed by atoms with van der Waals surface area (Å²) >= 11 is 0. The Kier molecular flexibility index (Phi) is 6.33. The minimum atomic E-state index is -0.327. The first kappa shape index (κ1) is 19.3. The monoisotopic (exact) mass is 447 g/mol. The predicted molar refractivity (Wildman–Crippen MR) is 106 cm³/mol. The number of guanidine groups is 1. The van der Waals surface area contributed by atoms with E-state index in [0.717, 1.165) is 24.0 Å². The van der Waals surface area contributed by atoms with Gasteiger partial charge < -0.3 is 15.0 Å². The minimum absolute atomic E-state index is 0. The van der Waals surface area contributed by atoms with Gasteiger partial charge in [-0.2, -0.15) is 0 Å². The van der Waals surface area contributed by atoms with Gasteiger partial charge in [0.1, 0.15) is 0 Å². The number of hydrogen-bond donors (Lipinski definition) is 1. The van der Waals surface area contributed by atoms with Crippen molar-refractivity contribution in [2.45, 2.75) is 32.2 Å². The summed E-state index contributed by atoms with van der Waals surface area (Å²) in [6, 6.07) is 5.08. The first-order valence-corrected chi connectivity index (χ1v) is 8.32. The average molecular weight is 447 g/mol. The van der Waals surface area contributed by atoms with Crippen molar-refractivity contribution >= 4 is 29.9 Å². The molecule has 0 unspecified atom stereocenters. The molecule has 2 aliphatic rings. The van der Waals surface area contributed by atoms with Crippen molar-refractivity contribution in [3.8, 4) is 5.75 Å². The summed E-state index contributed by atoms with van der Waals surface area (Å²) in [5.41, 5.74) is 1.43. The molecule has 4 nitrogen and oxygen atoms in total. The SMILES string of the molecule is CN=C(NCC1(C2CC2)CC1)N(C)Cc1ccc(OC)c(F)c1.I. The summed E-state index contributed by atoms with van der Waals surface area (Å²) in [5.74, 6) is 1.74. The van der Waals surface area contributed by atoms with Crippen molar-refractivity contribution < 1.29 is 9.13 Å². The molecule has 0 radical (unpaired) electrons. The molecule has 2 fully saturated rings. The van der Waals surface area contributed by atoms with Crippen molar-refractivity contribution in [3.63, 3.8) is 0 Å². The Balaban J connectivity index is 0.00000208. The topological polar surface area (TPSA) is 36.9 Å². The van der Waals surface area contributed by atoms with Crippen LogP contribution in [0.5, 0.6) is 5.75 Å². The number of rotatable bonds is 6. The maximum atomic E-state index is 13.8.